The number of carboxylic acid groups (broad SMARTS) is 1. The first-order valence-corrected chi connectivity index (χ1v) is 5.48. The Morgan fingerprint density at radius 1 is 1.53 bits per heavy atom. The molecule has 0 spiro atoms. The molecule has 0 unspecified atom stereocenters. The number of pyridine rings is 1. The van der Waals surface area contributed by atoms with E-state index in [-0.39, 0.29) is 6.42 Å². The van der Waals surface area contributed by atoms with Crippen molar-refractivity contribution in [3.63, 3.8) is 0 Å². The van der Waals surface area contributed by atoms with Gasteiger partial charge >= 0.3 is 5.97 Å². The normalized spacial score (nSPS) is 10.7. The molecule has 0 bridgehead atoms. The highest BCUT2D eigenvalue weighted by atomic mass is 32.1. The first-order valence-electron chi connectivity index (χ1n) is 4.67. The summed E-state index contributed by atoms with van der Waals surface area (Å²) in [5.74, 6) is -0.752. The third kappa shape index (κ3) is 2.50. The summed E-state index contributed by atoms with van der Waals surface area (Å²) < 4.78 is 1.11. The van der Waals surface area contributed by atoms with Gasteiger partial charge in [0.25, 0.3) is 0 Å². The highest BCUT2D eigenvalue weighted by Gasteiger charge is 2.04. The summed E-state index contributed by atoms with van der Waals surface area (Å²) in [6.45, 7) is 0. The maximum Gasteiger partial charge on any atom is 0.303 e. The zero-order chi connectivity index (χ0) is 10.7. The average molecular weight is 222 g/mol. The lowest BCUT2D eigenvalue weighted by atomic mass is 10.2. The maximum atomic E-state index is 10.3. The molecule has 15 heavy (non-hydrogen) atoms. The zero-order valence-electron chi connectivity index (χ0n) is 8.01. The van der Waals surface area contributed by atoms with Crippen molar-refractivity contribution in [2.45, 2.75) is 19.3 Å². The van der Waals surface area contributed by atoms with Crippen LogP contribution in [0, 0.1) is 0 Å². The maximum absolute atomic E-state index is 10.3. The van der Waals surface area contributed by atoms with Crippen molar-refractivity contribution in [3.05, 3.63) is 23.5 Å². The van der Waals surface area contributed by atoms with E-state index in [1.807, 2.05) is 6.07 Å². The monoisotopic (exact) mass is 222 g/mol. The summed E-state index contributed by atoms with van der Waals surface area (Å²) in [5, 5.41) is 9.49. The number of aromatic nitrogens is 2. The van der Waals surface area contributed by atoms with Gasteiger partial charge in [-0.05, 0) is 18.9 Å². The van der Waals surface area contributed by atoms with E-state index < -0.39 is 5.97 Å². The number of nitrogens with zero attached hydrogens (tertiary/aromatic N) is 2. The van der Waals surface area contributed by atoms with Crippen LogP contribution in [0.1, 0.15) is 17.8 Å². The van der Waals surface area contributed by atoms with Crippen molar-refractivity contribution >= 4 is 27.5 Å². The average Bonchev–Trinajstić information content (AvgIpc) is 2.59. The molecule has 0 amide bonds. The molecule has 0 fully saturated rings. The van der Waals surface area contributed by atoms with Crippen molar-refractivity contribution in [1.29, 1.82) is 0 Å². The fourth-order valence-electron chi connectivity index (χ4n) is 1.33. The van der Waals surface area contributed by atoms with Gasteiger partial charge in [-0.25, -0.2) is 4.98 Å². The predicted molar refractivity (Wildman–Crippen MR) is 58.0 cm³/mol. The highest BCUT2D eigenvalue weighted by Crippen LogP contribution is 2.21. The topological polar surface area (TPSA) is 63.1 Å². The Labute approximate surface area is 90.6 Å². The molecule has 2 rings (SSSR count). The minimum atomic E-state index is -0.752. The number of thiazole rings is 1. The third-order valence-corrected chi connectivity index (χ3v) is 3.11. The number of rotatable bonds is 4. The molecular weight excluding hydrogens is 212 g/mol. The third-order valence-electron chi connectivity index (χ3n) is 2.02. The van der Waals surface area contributed by atoms with Crippen molar-refractivity contribution in [2.75, 3.05) is 0 Å². The molecule has 0 saturated heterocycles. The number of aliphatic carboxylic acids is 1. The van der Waals surface area contributed by atoms with Crippen molar-refractivity contribution in [2.24, 2.45) is 0 Å². The molecule has 0 saturated carbocycles. The van der Waals surface area contributed by atoms with Crippen LogP contribution in [0.4, 0.5) is 0 Å². The van der Waals surface area contributed by atoms with Crippen LogP contribution in [0.5, 0.6) is 0 Å². The second-order valence-electron chi connectivity index (χ2n) is 3.20. The fraction of sp³-hybridized carbons (Fsp3) is 0.300. The van der Waals surface area contributed by atoms with Gasteiger partial charge in [-0.1, -0.05) is 0 Å². The molecule has 2 heterocycles. The predicted octanol–water partition coefficient (Wildman–Crippen LogP) is 2.10. The van der Waals surface area contributed by atoms with Crippen LogP contribution in [-0.4, -0.2) is 21.0 Å². The van der Waals surface area contributed by atoms with E-state index in [4.69, 9.17) is 5.11 Å². The Balaban J connectivity index is 2.05. The smallest absolute Gasteiger partial charge is 0.303 e. The van der Waals surface area contributed by atoms with Crippen LogP contribution >= 0.6 is 11.3 Å². The van der Waals surface area contributed by atoms with Crippen molar-refractivity contribution in [1.82, 2.24) is 9.97 Å². The number of hydrogen-bond donors (Lipinski definition) is 1. The summed E-state index contributed by atoms with van der Waals surface area (Å²) in [6, 6.07) is 1.92. The summed E-state index contributed by atoms with van der Waals surface area (Å²) in [6.07, 6.45) is 5.04. The Bertz CT molecular complexity index is 448. The number of hydrogen-bond acceptors (Lipinski definition) is 4. The van der Waals surface area contributed by atoms with E-state index in [0.717, 1.165) is 21.6 Å². The van der Waals surface area contributed by atoms with E-state index in [2.05, 4.69) is 9.97 Å². The molecule has 1 N–H and O–H groups in total. The molecule has 2 aromatic rings. The van der Waals surface area contributed by atoms with Crippen LogP contribution in [0.15, 0.2) is 18.5 Å². The van der Waals surface area contributed by atoms with Gasteiger partial charge in [-0.2, -0.15) is 0 Å². The number of carboxylic acids is 1. The van der Waals surface area contributed by atoms with Gasteiger partial charge in [0, 0.05) is 12.6 Å². The fourth-order valence-corrected chi connectivity index (χ4v) is 2.30. The van der Waals surface area contributed by atoms with Gasteiger partial charge in [0.2, 0.25) is 0 Å². The van der Waals surface area contributed by atoms with Gasteiger partial charge in [-0.3, -0.25) is 9.78 Å². The van der Waals surface area contributed by atoms with E-state index in [9.17, 15) is 4.79 Å². The molecular formula is C10H10N2O2S. The lowest BCUT2D eigenvalue weighted by Gasteiger charge is -1.91. The van der Waals surface area contributed by atoms with Crippen LogP contribution in [0.2, 0.25) is 0 Å². The van der Waals surface area contributed by atoms with Gasteiger partial charge in [0.05, 0.1) is 21.4 Å². The van der Waals surface area contributed by atoms with E-state index in [1.54, 1.807) is 23.7 Å². The molecule has 0 aliphatic heterocycles. The minimum Gasteiger partial charge on any atom is -0.481 e. The SMILES string of the molecule is O=C(O)CCCc1nc2cnccc2s1. The number of aryl methyl sites for hydroxylation is 1. The Hall–Kier alpha value is -1.49. The summed E-state index contributed by atoms with van der Waals surface area (Å²) in [7, 11) is 0. The Kier molecular flexibility index (Phi) is 2.91. The van der Waals surface area contributed by atoms with Crippen molar-refractivity contribution < 1.29 is 9.90 Å². The van der Waals surface area contributed by atoms with Gasteiger partial charge in [0.1, 0.15) is 0 Å². The molecule has 2 aromatic heterocycles. The van der Waals surface area contributed by atoms with Gasteiger partial charge < -0.3 is 5.11 Å². The van der Waals surface area contributed by atoms with Crippen LogP contribution in [0.3, 0.4) is 0 Å². The number of carbonyl (C=O) groups is 1. The molecule has 4 nitrogen and oxygen atoms in total. The molecule has 0 aliphatic carbocycles. The quantitative estimate of drug-likeness (QED) is 0.860. The lowest BCUT2D eigenvalue weighted by Crippen LogP contribution is -1.95. The zero-order valence-corrected chi connectivity index (χ0v) is 8.83. The van der Waals surface area contributed by atoms with E-state index in [0.29, 0.717) is 6.42 Å². The molecule has 0 atom stereocenters. The Morgan fingerprint density at radius 2 is 2.40 bits per heavy atom. The standard InChI is InChI=1S/C10H10N2O2S/c13-10(14)3-1-2-9-12-7-6-11-5-4-8(7)15-9/h4-6H,1-3H2,(H,13,14). The molecule has 78 valence electrons. The van der Waals surface area contributed by atoms with Gasteiger partial charge in [-0.15, -0.1) is 11.3 Å². The van der Waals surface area contributed by atoms with E-state index >= 15 is 0 Å². The summed E-state index contributed by atoms with van der Waals surface area (Å²) in [4.78, 5) is 18.7. The minimum absolute atomic E-state index is 0.203. The summed E-state index contributed by atoms with van der Waals surface area (Å²) in [5.41, 5.74) is 0.896. The molecule has 5 heteroatoms. The summed E-state index contributed by atoms with van der Waals surface area (Å²) >= 11 is 1.60. The first-order chi connectivity index (χ1) is 7.25. The van der Waals surface area contributed by atoms with Crippen LogP contribution < -0.4 is 0 Å². The highest BCUT2D eigenvalue weighted by molar-refractivity contribution is 7.18. The lowest BCUT2D eigenvalue weighted by molar-refractivity contribution is -0.137. The van der Waals surface area contributed by atoms with Crippen LogP contribution in [0.25, 0.3) is 10.2 Å². The second-order valence-corrected chi connectivity index (χ2v) is 4.31. The molecule has 0 aromatic carbocycles. The Morgan fingerprint density at radius 3 is 3.13 bits per heavy atom. The molecule has 0 aliphatic rings. The number of fused-ring (bicyclic) bond motifs is 1. The first kappa shape index (κ1) is 10.0. The van der Waals surface area contributed by atoms with E-state index in [1.165, 1.54) is 0 Å². The van der Waals surface area contributed by atoms with Gasteiger partial charge in [0.15, 0.2) is 0 Å². The van der Waals surface area contributed by atoms with Crippen LogP contribution in [-0.2, 0) is 11.2 Å². The second kappa shape index (κ2) is 4.35. The largest absolute Gasteiger partial charge is 0.481 e. The molecule has 0 radical (unpaired) electrons. The van der Waals surface area contributed by atoms with Crippen molar-refractivity contribution in [3.8, 4) is 0 Å².